The van der Waals surface area contributed by atoms with Gasteiger partial charge in [0.15, 0.2) is 0 Å². The van der Waals surface area contributed by atoms with E-state index in [9.17, 15) is 0 Å². The average molecular weight is 154 g/mol. The quantitative estimate of drug-likeness (QED) is 0.579. The zero-order chi connectivity index (χ0) is 8.27. The largest absolute Gasteiger partial charge is 0.0651 e. The van der Waals surface area contributed by atoms with Crippen LogP contribution in [0.3, 0.4) is 0 Å². The van der Waals surface area contributed by atoms with Crippen LogP contribution in [0, 0.1) is 17.8 Å². The fourth-order valence-corrected chi connectivity index (χ4v) is 2.73. The molecule has 1 rings (SSSR count). The van der Waals surface area contributed by atoms with Crippen molar-refractivity contribution in [2.45, 2.75) is 52.9 Å². The summed E-state index contributed by atoms with van der Waals surface area (Å²) in [4.78, 5) is 0. The number of hydrogen-bond donors (Lipinski definition) is 0. The predicted octanol–water partition coefficient (Wildman–Crippen LogP) is 3.86. The minimum Gasteiger partial charge on any atom is -0.0651 e. The van der Waals surface area contributed by atoms with Gasteiger partial charge in [-0.2, -0.15) is 0 Å². The smallest absolute Gasteiger partial charge is 0.0365 e. The Kier molecular flexibility index (Phi) is 3.42. The minimum absolute atomic E-state index is 0.906. The van der Waals surface area contributed by atoms with E-state index >= 15 is 0 Å². The van der Waals surface area contributed by atoms with E-state index in [0.29, 0.717) is 0 Å². The maximum Gasteiger partial charge on any atom is -0.0365 e. The predicted molar refractivity (Wildman–Crippen MR) is 50.6 cm³/mol. The average Bonchev–Trinajstić information content (AvgIpc) is 2.40. The monoisotopic (exact) mass is 154 g/mol. The summed E-state index contributed by atoms with van der Waals surface area (Å²) in [5.74, 6) is 2.99. The molecule has 0 bridgehead atoms. The van der Waals surface area contributed by atoms with Gasteiger partial charge in [-0.1, -0.05) is 52.9 Å². The second kappa shape index (κ2) is 4.13. The van der Waals surface area contributed by atoms with Crippen molar-refractivity contribution in [2.24, 2.45) is 17.8 Å². The summed E-state index contributed by atoms with van der Waals surface area (Å²) in [6.45, 7) is 7.11. The van der Waals surface area contributed by atoms with E-state index in [1.54, 1.807) is 0 Å². The first-order valence-electron chi connectivity index (χ1n) is 5.25. The molecular weight excluding hydrogens is 132 g/mol. The summed E-state index contributed by atoms with van der Waals surface area (Å²) in [5, 5.41) is 0. The summed E-state index contributed by atoms with van der Waals surface area (Å²) >= 11 is 0. The molecule has 0 saturated heterocycles. The van der Waals surface area contributed by atoms with Gasteiger partial charge in [0, 0.05) is 0 Å². The fraction of sp³-hybridized carbons (Fsp3) is 1.00. The standard InChI is InChI=1S/C11H22/c1-4-11(9(2)3)10-7-5-6-8-10/h9-11H,4-8H2,1-3H3/t11-/m0/s1. The molecule has 0 unspecified atom stereocenters. The Morgan fingerprint density at radius 3 is 2.09 bits per heavy atom. The van der Waals surface area contributed by atoms with Gasteiger partial charge < -0.3 is 0 Å². The molecule has 0 N–H and O–H groups in total. The van der Waals surface area contributed by atoms with Crippen LogP contribution in [0.1, 0.15) is 52.9 Å². The molecule has 66 valence electrons. The first kappa shape index (κ1) is 9.09. The molecule has 11 heavy (non-hydrogen) atoms. The normalized spacial score (nSPS) is 22.9. The lowest BCUT2D eigenvalue weighted by Gasteiger charge is -2.25. The highest BCUT2D eigenvalue weighted by atomic mass is 14.3. The lowest BCUT2D eigenvalue weighted by Crippen LogP contribution is -2.16. The molecule has 0 heterocycles. The molecule has 0 aromatic carbocycles. The van der Waals surface area contributed by atoms with Crippen molar-refractivity contribution in [1.29, 1.82) is 0 Å². The van der Waals surface area contributed by atoms with Gasteiger partial charge in [0.25, 0.3) is 0 Å². The van der Waals surface area contributed by atoms with Gasteiger partial charge in [-0.25, -0.2) is 0 Å². The third-order valence-corrected chi connectivity index (χ3v) is 3.33. The van der Waals surface area contributed by atoms with Crippen molar-refractivity contribution in [3.63, 3.8) is 0 Å². The Morgan fingerprint density at radius 1 is 1.18 bits per heavy atom. The van der Waals surface area contributed by atoms with Gasteiger partial charge in [-0.15, -0.1) is 0 Å². The molecule has 0 aromatic heterocycles. The van der Waals surface area contributed by atoms with E-state index in [-0.39, 0.29) is 0 Å². The van der Waals surface area contributed by atoms with Crippen LogP contribution in [0.2, 0.25) is 0 Å². The highest BCUT2D eigenvalue weighted by molar-refractivity contribution is 4.76. The second-order valence-electron chi connectivity index (χ2n) is 4.36. The highest BCUT2D eigenvalue weighted by Crippen LogP contribution is 2.36. The van der Waals surface area contributed by atoms with Crippen molar-refractivity contribution < 1.29 is 0 Å². The Hall–Kier alpha value is 0. The maximum absolute atomic E-state index is 2.38. The van der Waals surface area contributed by atoms with Gasteiger partial charge >= 0.3 is 0 Å². The topological polar surface area (TPSA) is 0 Å². The molecule has 1 saturated carbocycles. The van der Waals surface area contributed by atoms with Crippen LogP contribution in [0.25, 0.3) is 0 Å². The number of hydrogen-bond acceptors (Lipinski definition) is 0. The molecule has 0 spiro atoms. The molecular formula is C11H22. The summed E-state index contributed by atoms with van der Waals surface area (Å²) in [6, 6.07) is 0. The third kappa shape index (κ3) is 2.21. The van der Waals surface area contributed by atoms with E-state index < -0.39 is 0 Å². The van der Waals surface area contributed by atoms with E-state index in [2.05, 4.69) is 20.8 Å². The molecule has 1 atom stereocenters. The van der Waals surface area contributed by atoms with Crippen LogP contribution in [0.5, 0.6) is 0 Å². The first-order valence-corrected chi connectivity index (χ1v) is 5.25. The SMILES string of the molecule is CC[C@@H](C(C)C)C1CCCC1. The Morgan fingerprint density at radius 2 is 1.73 bits per heavy atom. The molecule has 1 aliphatic carbocycles. The van der Waals surface area contributed by atoms with Gasteiger partial charge in [0.2, 0.25) is 0 Å². The summed E-state index contributed by atoms with van der Waals surface area (Å²) in [6.07, 6.45) is 7.40. The molecule has 1 fully saturated rings. The van der Waals surface area contributed by atoms with Crippen molar-refractivity contribution in [3.8, 4) is 0 Å². The van der Waals surface area contributed by atoms with Crippen LogP contribution in [0.4, 0.5) is 0 Å². The van der Waals surface area contributed by atoms with E-state index in [4.69, 9.17) is 0 Å². The molecule has 0 amide bonds. The van der Waals surface area contributed by atoms with Crippen molar-refractivity contribution >= 4 is 0 Å². The molecule has 0 heteroatoms. The second-order valence-corrected chi connectivity index (χ2v) is 4.36. The van der Waals surface area contributed by atoms with Gasteiger partial charge in [-0.3, -0.25) is 0 Å². The van der Waals surface area contributed by atoms with E-state index in [1.165, 1.54) is 32.1 Å². The number of rotatable bonds is 3. The lowest BCUT2D eigenvalue weighted by molar-refractivity contribution is 0.249. The Labute approximate surface area is 71.4 Å². The first-order chi connectivity index (χ1) is 5.25. The minimum atomic E-state index is 0.906. The van der Waals surface area contributed by atoms with Crippen LogP contribution >= 0.6 is 0 Å². The van der Waals surface area contributed by atoms with E-state index in [1.807, 2.05) is 0 Å². The Balaban J connectivity index is 2.40. The summed E-state index contributed by atoms with van der Waals surface area (Å²) in [5.41, 5.74) is 0. The van der Waals surface area contributed by atoms with Crippen LogP contribution in [-0.2, 0) is 0 Å². The van der Waals surface area contributed by atoms with Gasteiger partial charge in [0.05, 0.1) is 0 Å². The van der Waals surface area contributed by atoms with Gasteiger partial charge in [-0.05, 0) is 17.8 Å². The lowest BCUT2D eigenvalue weighted by atomic mass is 9.81. The van der Waals surface area contributed by atoms with Crippen molar-refractivity contribution in [2.75, 3.05) is 0 Å². The van der Waals surface area contributed by atoms with Crippen LogP contribution < -0.4 is 0 Å². The van der Waals surface area contributed by atoms with Crippen LogP contribution in [0.15, 0.2) is 0 Å². The van der Waals surface area contributed by atoms with Gasteiger partial charge in [0.1, 0.15) is 0 Å². The fourth-order valence-electron chi connectivity index (χ4n) is 2.73. The van der Waals surface area contributed by atoms with Crippen molar-refractivity contribution in [3.05, 3.63) is 0 Å². The molecule has 0 radical (unpaired) electrons. The maximum atomic E-state index is 2.38. The molecule has 0 aliphatic heterocycles. The summed E-state index contributed by atoms with van der Waals surface area (Å²) in [7, 11) is 0. The van der Waals surface area contributed by atoms with E-state index in [0.717, 1.165) is 17.8 Å². The third-order valence-electron chi connectivity index (χ3n) is 3.33. The molecule has 0 nitrogen and oxygen atoms in total. The van der Waals surface area contributed by atoms with Crippen LogP contribution in [-0.4, -0.2) is 0 Å². The Bertz CT molecular complexity index is 98.6. The zero-order valence-electron chi connectivity index (χ0n) is 8.27. The zero-order valence-corrected chi connectivity index (χ0v) is 8.27. The highest BCUT2D eigenvalue weighted by Gasteiger charge is 2.25. The molecule has 1 aliphatic rings. The summed E-state index contributed by atoms with van der Waals surface area (Å²) < 4.78 is 0. The van der Waals surface area contributed by atoms with Crippen molar-refractivity contribution in [1.82, 2.24) is 0 Å². The molecule has 0 aromatic rings.